The number of aryl methyl sites for hydroxylation is 1. The molecule has 0 bridgehead atoms. The number of carbonyl (C=O) groups is 1. The van der Waals surface area contributed by atoms with Gasteiger partial charge in [-0.2, -0.15) is 0 Å². The minimum Gasteiger partial charge on any atom is -0.312 e. The Bertz CT molecular complexity index is 923. The largest absolute Gasteiger partial charge is 0.312 e. The summed E-state index contributed by atoms with van der Waals surface area (Å²) in [5.74, 6) is 0.137. The molecule has 0 spiro atoms. The Morgan fingerprint density at radius 1 is 1.00 bits per heavy atom. The van der Waals surface area contributed by atoms with E-state index in [1.165, 1.54) is 4.31 Å². The molecule has 0 saturated heterocycles. The predicted octanol–water partition coefficient (Wildman–Crippen LogP) is 2.35. The topological polar surface area (TPSA) is 57.7 Å². The summed E-state index contributed by atoms with van der Waals surface area (Å²) in [6.07, 6.45) is 1.77. The van der Waals surface area contributed by atoms with Crippen molar-refractivity contribution in [1.29, 1.82) is 0 Å². The highest BCUT2D eigenvalue weighted by Crippen LogP contribution is 2.39. The van der Waals surface area contributed by atoms with Gasteiger partial charge in [-0.1, -0.05) is 18.2 Å². The van der Waals surface area contributed by atoms with Gasteiger partial charge in [0.15, 0.2) is 0 Å². The Labute approximate surface area is 141 Å². The average molecular weight is 342 g/mol. The second-order valence-electron chi connectivity index (χ2n) is 6.19. The third kappa shape index (κ3) is 2.21. The summed E-state index contributed by atoms with van der Waals surface area (Å²) in [7, 11) is -2.05. The van der Waals surface area contributed by atoms with Gasteiger partial charge in [-0.15, -0.1) is 0 Å². The smallest absolute Gasteiger partial charge is 0.264 e. The van der Waals surface area contributed by atoms with Crippen molar-refractivity contribution in [2.45, 2.75) is 24.2 Å². The van der Waals surface area contributed by atoms with E-state index in [1.807, 2.05) is 18.2 Å². The highest BCUT2D eigenvalue weighted by molar-refractivity contribution is 7.92. The molecule has 0 radical (unpaired) electrons. The van der Waals surface area contributed by atoms with Crippen LogP contribution in [0.4, 0.5) is 11.4 Å². The molecule has 2 aromatic rings. The van der Waals surface area contributed by atoms with Gasteiger partial charge in [0, 0.05) is 20.0 Å². The molecule has 5 nitrogen and oxygen atoms in total. The molecule has 2 aliphatic heterocycles. The van der Waals surface area contributed by atoms with E-state index in [4.69, 9.17) is 0 Å². The number of anilines is 2. The van der Waals surface area contributed by atoms with Crippen LogP contribution in [-0.2, 0) is 27.7 Å². The van der Waals surface area contributed by atoms with Gasteiger partial charge in [-0.3, -0.25) is 9.10 Å². The molecule has 24 heavy (non-hydrogen) atoms. The monoisotopic (exact) mass is 342 g/mol. The fourth-order valence-electron chi connectivity index (χ4n) is 3.51. The van der Waals surface area contributed by atoms with Crippen molar-refractivity contribution >= 4 is 27.3 Å². The zero-order valence-corrected chi connectivity index (χ0v) is 14.2. The molecule has 2 aliphatic rings. The van der Waals surface area contributed by atoms with E-state index < -0.39 is 10.0 Å². The summed E-state index contributed by atoms with van der Waals surface area (Å²) in [6, 6.07) is 12.5. The fraction of sp³-hybridized carbons (Fsp3) is 0.278. The number of amides is 1. The number of hydrogen-bond donors (Lipinski definition) is 0. The lowest BCUT2D eigenvalue weighted by molar-refractivity contribution is -0.118. The second kappa shape index (κ2) is 5.34. The summed E-state index contributed by atoms with van der Waals surface area (Å²) < 4.78 is 27.3. The molecular formula is C18H18N2O3S. The maximum absolute atomic E-state index is 13.0. The molecule has 0 unspecified atom stereocenters. The van der Waals surface area contributed by atoms with Gasteiger partial charge in [-0.25, -0.2) is 8.42 Å². The molecule has 0 aromatic heterocycles. The summed E-state index contributed by atoms with van der Waals surface area (Å²) in [5.41, 5.74) is 3.49. The summed E-state index contributed by atoms with van der Waals surface area (Å²) >= 11 is 0. The summed E-state index contributed by atoms with van der Waals surface area (Å²) in [5, 5.41) is 0. The Balaban J connectivity index is 1.79. The number of sulfonamides is 1. The Morgan fingerprint density at radius 3 is 2.38 bits per heavy atom. The molecule has 0 saturated carbocycles. The van der Waals surface area contributed by atoms with Crippen molar-refractivity contribution in [2.24, 2.45) is 0 Å². The Morgan fingerprint density at radius 2 is 1.67 bits per heavy atom. The van der Waals surface area contributed by atoms with Crippen LogP contribution in [0.5, 0.6) is 0 Å². The third-order valence-electron chi connectivity index (χ3n) is 4.80. The first-order chi connectivity index (χ1) is 11.5. The third-order valence-corrected chi connectivity index (χ3v) is 6.57. The molecule has 2 heterocycles. The van der Waals surface area contributed by atoms with Gasteiger partial charge >= 0.3 is 0 Å². The predicted molar refractivity (Wildman–Crippen MR) is 92.9 cm³/mol. The average Bonchev–Trinajstić information content (AvgIpc) is 3.03. The van der Waals surface area contributed by atoms with Crippen LogP contribution in [0.25, 0.3) is 0 Å². The van der Waals surface area contributed by atoms with Crippen LogP contribution in [0.1, 0.15) is 17.5 Å². The molecule has 0 fully saturated rings. The van der Waals surface area contributed by atoms with Crippen molar-refractivity contribution in [3.63, 3.8) is 0 Å². The number of hydrogen-bond acceptors (Lipinski definition) is 3. The Kier molecular flexibility index (Phi) is 3.38. The van der Waals surface area contributed by atoms with Gasteiger partial charge in [0.1, 0.15) is 0 Å². The van der Waals surface area contributed by atoms with Crippen molar-refractivity contribution < 1.29 is 13.2 Å². The van der Waals surface area contributed by atoms with Crippen molar-refractivity contribution in [2.75, 3.05) is 22.8 Å². The normalized spacial score (nSPS) is 16.2. The van der Waals surface area contributed by atoms with Crippen LogP contribution in [0.15, 0.2) is 47.4 Å². The lowest BCUT2D eigenvalue weighted by Crippen LogP contribution is -2.33. The van der Waals surface area contributed by atoms with Crippen LogP contribution < -0.4 is 9.21 Å². The van der Waals surface area contributed by atoms with Crippen LogP contribution in [-0.4, -0.2) is 27.9 Å². The molecule has 1 amide bonds. The highest BCUT2D eigenvalue weighted by atomic mass is 32.2. The lowest BCUT2D eigenvalue weighted by atomic mass is 10.00. The van der Waals surface area contributed by atoms with Crippen LogP contribution in [0.3, 0.4) is 0 Å². The zero-order chi connectivity index (χ0) is 16.9. The standard InChI is InChI=1S/C18H18N2O3S/c1-19(15-5-3-2-4-6-15)24(22,23)16-11-13-7-8-17(21)20-10-9-14(12-16)18(13)20/h2-6,11-12H,7-10H2,1H3. The van der Waals surface area contributed by atoms with Gasteiger partial charge < -0.3 is 4.90 Å². The molecule has 4 rings (SSSR count). The first kappa shape index (κ1) is 15.2. The number of benzene rings is 2. The molecule has 124 valence electrons. The fourth-order valence-corrected chi connectivity index (χ4v) is 4.81. The first-order valence-corrected chi connectivity index (χ1v) is 9.42. The van der Waals surface area contributed by atoms with E-state index in [1.54, 1.807) is 36.2 Å². The molecule has 0 atom stereocenters. The molecular weight excluding hydrogens is 324 g/mol. The van der Waals surface area contributed by atoms with Gasteiger partial charge in [0.25, 0.3) is 10.0 Å². The van der Waals surface area contributed by atoms with E-state index in [2.05, 4.69) is 0 Å². The van der Waals surface area contributed by atoms with E-state index in [-0.39, 0.29) is 5.91 Å². The highest BCUT2D eigenvalue weighted by Gasteiger charge is 2.33. The maximum Gasteiger partial charge on any atom is 0.264 e. The zero-order valence-electron chi connectivity index (χ0n) is 13.4. The minimum absolute atomic E-state index is 0.137. The van der Waals surface area contributed by atoms with Crippen LogP contribution in [0, 0.1) is 0 Å². The van der Waals surface area contributed by atoms with Gasteiger partial charge in [0.2, 0.25) is 5.91 Å². The van der Waals surface area contributed by atoms with Crippen LogP contribution >= 0.6 is 0 Å². The van der Waals surface area contributed by atoms with E-state index in [0.717, 1.165) is 16.8 Å². The van der Waals surface area contributed by atoms with E-state index in [9.17, 15) is 13.2 Å². The quantitative estimate of drug-likeness (QED) is 0.860. The van der Waals surface area contributed by atoms with Gasteiger partial charge in [0.05, 0.1) is 16.3 Å². The molecule has 6 heteroatoms. The number of rotatable bonds is 3. The second-order valence-corrected chi connectivity index (χ2v) is 8.16. The Hall–Kier alpha value is -2.34. The first-order valence-electron chi connectivity index (χ1n) is 7.98. The summed E-state index contributed by atoms with van der Waals surface area (Å²) in [6.45, 7) is 0.652. The van der Waals surface area contributed by atoms with Crippen molar-refractivity contribution in [1.82, 2.24) is 0 Å². The number of nitrogens with zero attached hydrogens (tertiary/aromatic N) is 2. The van der Waals surface area contributed by atoms with Crippen molar-refractivity contribution in [3.05, 3.63) is 53.6 Å². The number of carbonyl (C=O) groups excluding carboxylic acids is 1. The van der Waals surface area contributed by atoms with Crippen LogP contribution in [0.2, 0.25) is 0 Å². The SMILES string of the molecule is CN(c1ccccc1)S(=O)(=O)c1cc2c3c(c1)CCN3C(=O)CC2. The molecule has 2 aromatic carbocycles. The lowest BCUT2D eigenvalue weighted by Gasteiger charge is -2.26. The molecule has 0 aliphatic carbocycles. The minimum atomic E-state index is -3.62. The van der Waals surface area contributed by atoms with E-state index >= 15 is 0 Å². The van der Waals surface area contributed by atoms with Crippen molar-refractivity contribution in [3.8, 4) is 0 Å². The summed E-state index contributed by atoms with van der Waals surface area (Å²) in [4.78, 5) is 14.1. The maximum atomic E-state index is 13.0. The van der Waals surface area contributed by atoms with E-state index in [0.29, 0.717) is 36.4 Å². The molecule has 0 N–H and O–H groups in total. The number of para-hydroxylation sites is 1. The van der Waals surface area contributed by atoms with Gasteiger partial charge in [-0.05, 0) is 48.2 Å².